The highest BCUT2D eigenvalue weighted by Gasteiger charge is 2.12. The van der Waals surface area contributed by atoms with Gasteiger partial charge in [0.15, 0.2) is 0 Å². The zero-order valence-electron chi connectivity index (χ0n) is 15.9. The van der Waals surface area contributed by atoms with Gasteiger partial charge in [-0.1, -0.05) is 62.1 Å². The molecule has 28 heavy (non-hydrogen) atoms. The molecule has 0 bridgehead atoms. The minimum atomic E-state index is -3.42. The van der Waals surface area contributed by atoms with Gasteiger partial charge in [0.05, 0.1) is 9.79 Å². The van der Waals surface area contributed by atoms with Gasteiger partial charge < -0.3 is 0 Å². The van der Waals surface area contributed by atoms with Crippen LogP contribution in [0.15, 0.2) is 70.5 Å². The zero-order valence-corrected chi connectivity index (χ0v) is 17.5. The molecule has 2 aromatic carbocycles. The van der Waals surface area contributed by atoms with Crippen molar-refractivity contribution < 1.29 is 16.8 Å². The maximum Gasteiger partial charge on any atom is 0.240 e. The van der Waals surface area contributed by atoms with E-state index in [9.17, 15) is 16.8 Å². The van der Waals surface area contributed by atoms with Gasteiger partial charge in [-0.25, -0.2) is 26.3 Å². The van der Waals surface area contributed by atoms with Crippen molar-refractivity contribution in [2.24, 2.45) is 0 Å². The Morgan fingerprint density at radius 2 is 0.821 bits per heavy atom. The summed E-state index contributed by atoms with van der Waals surface area (Å²) in [5.41, 5.74) is 0. The van der Waals surface area contributed by atoms with Crippen molar-refractivity contribution in [2.75, 3.05) is 13.1 Å². The van der Waals surface area contributed by atoms with Gasteiger partial charge in [-0.05, 0) is 37.1 Å². The first-order chi connectivity index (χ1) is 13.4. The number of rotatable bonds is 13. The highest BCUT2D eigenvalue weighted by atomic mass is 32.2. The molecule has 0 aromatic heterocycles. The quantitative estimate of drug-likeness (QED) is 0.483. The van der Waals surface area contributed by atoms with Crippen LogP contribution in [-0.2, 0) is 20.0 Å². The monoisotopic (exact) mass is 424 g/mol. The maximum atomic E-state index is 12.1. The van der Waals surface area contributed by atoms with Crippen LogP contribution in [-0.4, -0.2) is 29.9 Å². The van der Waals surface area contributed by atoms with E-state index in [1.807, 2.05) is 0 Å². The van der Waals surface area contributed by atoms with E-state index >= 15 is 0 Å². The zero-order chi connectivity index (χ0) is 20.3. The van der Waals surface area contributed by atoms with Gasteiger partial charge in [-0.15, -0.1) is 0 Å². The first-order valence-electron chi connectivity index (χ1n) is 9.51. The Balaban J connectivity index is 1.51. The van der Waals surface area contributed by atoms with E-state index in [1.54, 1.807) is 60.7 Å². The van der Waals surface area contributed by atoms with Gasteiger partial charge in [0, 0.05) is 13.1 Å². The Morgan fingerprint density at radius 3 is 1.18 bits per heavy atom. The second-order valence-electron chi connectivity index (χ2n) is 6.54. The summed E-state index contributed by atoms with van der Waals surface area (Å²) in [5.74, 6) is 0. The Labute approximate surface area is 168 Å². The van der Waals surface area contributed by atoms with Gasteiger partial charge >= 0.3 is 0 Å². The summed E-state index contributed by atoms with van der Waals surface area (Å²) >= 11 is 0. The maximum absolute atomic E-state index is 12.1. The van der Waals surface area contributed by atoms with E-state index in [4.69, 9.17) is 0 Å². The van der Waals surface area contributed by atoms with E-state index in [0.29, 0.717) is 13.1 Å². The number of nitrogens with one attached hydrogen (secondary N) is 2. The normalized spacial score (nSPS) is 12.1. The molecule has 0 aliphatic carbocycles. The molecule has 0 aliphatic heterocycles. The third kappa shape index (κ3) is 7.71. The molecule has 8 heteroatoms. The SMILES string of the molecule is O=S(=O)(NCCCCCCCCNS(=O)(=O)c1ccccc1)c1ccccc1. The molecule has 0 heterocycles. The van der Waals surface area contributed by atoms with Gasteiger partial charge in [0.2, 0.25) is 20.0 Å². The lowest BCUT2D eigenvalue weighted by atomic mass is 10.1. The van der Waals surface area contributed by atoms with Crippen molar-refractivity contribution in [2.45, 2.75) is 48.3 Å². The van der Waals surface area contributed by atoms with Gasteiger partial charge in [0.25, 0.3) is 0 Å². The van der Waals surface area contributed by atoms with Crippen molar-refractivity contribution in [3.05, 3.63) is 60.7 Å². The van der Waals surface area contributed by atoms with Gasteiger partial charge in [-0.3, -0.25) is 0 Å². The Kier molecular flexibility index (Phi) is 9.11. The van der Waals surface area contributed by atoms with Crippen molar-refractivity contribution in [1.82, 2.24) is 9.44 Å². The van der Waals surface area contributed by atoms with Crippen LogP contribution in [0.5, 0.6) is 0 Å². The molecule has 2 N–H and O–H groups in total. The van der Waals surface area contributed by atoms with Crippen molar-refractivity contribution >= 4 is 20.0 Å². The summed E-state index contributed by atoms with van der Waals surface area (Å²) in [5, 5.41) is 0. The van der Waals surface area contributed by atoms with Crippen LogP contribution in [0, 0.1) is 0 Å². The lowest BCUT2D eigenvalue weighted by Crippen LogP contribution is -2.24. The van der Waals surface area contributed by atoms with Crippen molar-refractivity contribution in [3.63, 3.8) is 0 Å². The molecule has 0 spiro atoms. The minimum absolute atomic E-state index is 0.285. The van der Waals surface area contributed by atoms with E-state index in [0.717, 1.165) is 38.5 Å². The summed E-state index contributed by atoms with van der Waals surface area (Å²) in [4.78, 5) is 0.570. The van der Waals surface area contributed by atoms with Crippen LogP contribution in [0.25, 0.3) is 0 Å². The topological polar surface area (TPSA) is 92.3 Å². The summed E-state index contributed by atoms with van der Waals surface area (Å²) in [6, 6.07) is 16.7. The number of hydrogen-bond donors (Lipinski definition) is 2. The average molecular weight is 425 g/mol. The molecule has 2 aromatic rings. The molecule has 154 valence electrons. The van der Waals surface area contributed by atoms with Crippen molar-refractivity contribution in [3.8, 4) is 0 Å². The molecule has 2 rings (SSSR count). The smallest absolute Gasteiger partial charge is 0.211 e. The predicted octanol–water partition coefficient (Wildman–Crippen LogP) is 3.28. The fraction of sp³-hybridized carbons (Fsp3) is 0.400. The Hall–Kier alpha value is -1.74. The second-order valence-corrected chi connectivity index (χ2v) is 10.1. The number of unbranched alkanes of at least 4 members (excludes halogenated alkanes) is 5. The van der Waals surface area contributed by atoms with Crippen LogP contribution >= 0.6 is 0 Å². The summed E-state index contributed by atoms with van der Waals surface area (Å²) in [6.45, 7) is 0.849. The van der Waals surface area contributed by atoms with Crippen LogP contribution in [0.4, 0.5) is 0 Å². The summed E-state index contributed by atoms with van der Waals surface area (Å²) in [7, 11) is -6.83. The van der Waals surface area contributed by atoms with Crippen molar-refractivity contribution in [1.29, 1.82) is 0 Å². The third-order valence-corrected chi connectivity index (χ3v) is 7.25. The number of hydrogen-bond acceptors (Lipinski definition) is 4. The van der Waals surface area contributed by atoms with Crippen LogP contribution in [0.3, 0.4) is 0 Å². The largest absolute Gasteiger partial charge is 0.240 e. The highest BCUT2D eigenvalue weighted by Crippen LogP contribution is 2.10. The molecule has 6 nitrogen and oxygen atoms in total. The number of benzene rings is 2. The standard InChI is InChI=1S/C20H28N2O4S2/c23-27(24,19-13-7-5-8-14-19)21-17-11-3-1-2-4-12-18-22-28(25,26)20-15-9-6-10-16-20/h5-10,13-16,21-22H,1-4,11-12,17-18H2. The molecule has 0 radical (unpaired) electrons. The Bertz CT molecular complexity index is 822. The highest BCUT2D eigenvalue weighted by molar-refractivity contribution is 7.89. The molecule has 0 saturated heterocycles. The van der Waals surface area contributed by atoms with E-state index < -0.39 is 20.0 Å². The molecule has 0 fully saturated rings. The fourth-order valence-corrected chi connectivity index (χ4v) is 4.93. The van der Waals surface area contributed by atoms with E-state index in [1.165, 1.54) is 0 Å². The van der Waals surface area contributed by atoms with Crippen LogP contribution < -0.4 is 9.44 Å². The molecule has 0 unspecified atom stereocenters. The lowest BCUT2D eigenvalue weighted by Gasteiger charge is -2.07. The first-order valence-corrected chi connectivity index (χ1v) is 12.5. The van der Waals surface area contributed by atoms with E-state index in [2.05, 4.69) is 9.44 Å². The molecular formula is C20H28N2O4S2. The first kappa shape index (κ1) is 22.5. The average Bonchev–Trinajstić information content (AvgIpc) is 2.70. The minimum Gasteiger partial charge on any atom is -0.211 e. The van der Waals surface area contributed by atoms with E-state index in [-0.39, 0.29) is 9.79 Å². The molecular weight excluding hydrogens is 396 g/mol. The fourth-order valence-electron chi connectivity index (χ4n) is 2.74. The molecule has 0 amide bonds. The second kappa shape index (κ2) is 11.3. The molecule has 0 saturated carbocycles. The summed E-state index contributed by atoms with van der Waals surface area (Å²) in [6.07, 6.45) is 5.44. The Morgan fingerprint density at radius 1 is 0.500 bits per heavy atom. The van der Waals surface area contributed by atoms with Crippen LogP contribution in [0.2, 0.25) is 0 Å². The summed E-state index contributed by atoms with van der Waals surface area (Å²) < 4.78 is 53.5. The molecule has 0 aliphatic rings. The predicted molar refractivity (Wildman–Crippen MR) is 111 cm³/mol. The van der Waals surface area contributed by atoms with Crippen LogP contribution in [0.1, 0.15) is 38.5 Å². The number of sulfonamides is 2. The van der Waals surface area contributed by atoms with Gasteiger partial charge in [-0.2, -0.15) is 0 Å². The van der Waals surface area contributed by atoms with Gasteiger partial charge in [0.1, 0.15) is 0 Å². The third-order valence-electron chi connectivity index (χ3n) is 4.29. The molecule has 0 atom stereocenters. The lowest BCUT2D eigenvalue weighted by molar-refractivity contribution is 0.556.